The van der Waals surface area contributed by atoms with Crippen molar-refractivity contribution in [2.45, 2.75) is 15.1 Å². The third-order valence-electron chi connectivity index (χ3n) is 9.76. The predicted molar refractivity (Wildman–Crippen MR) is 94.8 cm³/mol. The Hall–Kier alpha value is -1.02. The van der Waals surface area contributed by atoms with Crippen molar-refractivity contribution in [2.24, 2.45) is 45.3 Å². The summed E-state index contributed by atoms with van der Waals surface area (Å²) >= 11 is 7.16. The van der Waals surface area contributed by atoms with Gasteiger partial charge in [-0.2, -0.15) is 0 Å². The van der Waals surface area contributed by atoms with Crippen molar-refractivity contribution in [3.63, 3.8) is 0 Å². The van der Waals surface area contributed by atoms with Gasteiger partial charge in [0.1, 0.15) is 19.5 Å². The van der Waals surface area contributed by atoms with E-state index in [0.717, 1.165) is 6.42 Å². The number of hydrogen-bond donors (Lipinski definition) is 0. The maximum absolute atomic E-state index is 14.0. The number of allylic oxidation sites excluding steroid dienone is 2. The molecular formula is C19H14Br2O6. The minimum absolute atomic E-state index is 0.0607. The highest BCUT2D eigenvalue weighted by Gasteiger charge is 3.23. The lowest BCUT2D eigenvalue weighted by Gasteiger charge is -2.82. The molecule has 0 N–H and O–H groups in total. The highest BCUT2D eigenvalue weighted by molar-refractivity contribution is 9.13. The first kappa shape index (κ1) is 15.9. The van der Waals surface area contributed by atoms with E-state index in [1.54, 1.807) is 0 Å². The molecule has 0 amide bonds. The van der Waals surface area contributed by atoms with Gasteiger partial charge in [0, 0.05) is 0 Å². The number of ether oxygens (including phenoxy) is 2. The number of methoxy groups -OCH3 is 2. The number of alkyl halides is 2. The van der Waals surface area contributed by atoms with Gasteiger partial charge in [-0.25, -0.2) is 0 Å². The number of hydrogen-bond acceptors (Lipinski definition) is 6. The molecule has 0 radical (unpaired) electrons. The average Bonchev–Trinajstić information content (AvgIpc) is 3.19. The number of carbonyl (C=O) groups is 4. The van der Waals surface area contributed by atoms with E-state index in [4.69, 9.17) is 9.47 Å². The molecule has 7 aliphatic carbocycles. The smallest absolute Gasteiger partial charge is 0.315 e. The Morgan fingerprint density at radius 3 is 1.59 bits per heavy atom. The number of esters is 2. The molecule has 2 spiro atoms. The van der Waals surface area contributed by atoms with Crippen LogP contribution in [0, 0.1) is 45.3 Å². The van der Waals surface area contributed by atoms with Crippen LogP contribution in [0.25, 0.3) is 0 Å². The zero-order valence-electron chi connectivity index (χ0n) is 14.4. The molecule has 0 aromatic heterocycles. The van der Waals surface area contributed by atoms with Crippen LogP contribution in [0.15, 0.2) is 12.2 Å². The van der Waals surface area contributed by atoms with Crippen LogP contribution in [0.1, 0.15) is 6.42 Å². The molecular weight excluding hydrogens is 484 g/mol. The molecule has 0 aliphatic heterocycles. The summed E-state index contributed by atoms with van der Waals surface area (Å²) in [6.07, 6.45) is 4.80. The van der Waals surface area contributed by atoms with Gasteiger partial charge in [-0.1, -0.05) is 44.0 Å². The van der Waals surface area contributed by atoms with Crippen molar-refractivity contribution in [2.75, 3.05) is 14.2 Å². The van der Waals surface area contributed by atoms with Crippen LogP contribution in [-0.4, -0.2) is 46.4 Å². The van der Waals surface area contributed by atoms with Crippen molar-refractivity contribution in [3.8, 4) is 0 Å². The van der Waals surface area contributed by atoms with Crippen LogP contribution in [0.2, 0.25) is 0 Å². The van der Waals surface area contributed by atoms with Crippen LogP contribution < -0.4 is 0 Å². The first-order valence-electron chi connectivity index (χ1n) is 9.05. The molecule has 6 nitrogen and oxygen atoms in total. The summed E-state index contributed by atoms with van der Waals surface area (Å²) in [5.74, 6) is -2.24. The zero-order valence-corrected chi connectivity index (χ0v) is 17.5. The number of fused-ring (bicyclic) bond motifs is 3. The fourth-order valence-corrected chi connectivity index (χ4v) is 12.9. The largest absolute Gasteiger partial charge is 0.469 e. The summed E-state index contributed by atoms with van der Waals surface area (Å²) in [4.78, 5) is 54.4. The van der Waals surface area contributed by atoms with Crippen LogP contribution in [-0.2, 0) is 28.7 Å². The zero-order chi connectivity index (χ0) is 19.2. The van der Waals surface area contributed by atoms with Gasteiger partial charge in [-0.15, -0.1) is 0 Å². The van der Waals surface area contributed by atoms with Crippen LogP contribution in [0.4, 0.5) is 0 Å². The number of rotatable bonds is 2. The van der Waals surface area contributed by atoms with Crippen molar-refractivity contribution in [1.29, 1.82) is 0 Å². The Morgan fingerprint density at radius 1 is 0.889 bits per heavy atom. The average molecular weight is 498 g/mol. The molecule has 0 heterocycles. The molecule has 7 rings (SSSR count). The van der Waals surface area contributed by atoms with E-state index in [9.17, 15) is 19.2 Å². The summed E-state index contributed by atoms with van der Waals surface area (Å²) < 4.78 is 7.37. The van der Waals surface area contributed by atoms with Gasteiger partial charge >= 0.3 is 11.9 Å². The Labute approximate surface area is 170 Å². The number of halogens is 2. The molecule has 2 bridgehead atoms. The Balaban J connectivity index is 1.68. The molecule has 0 aromatic rings. The van der Waals surface area contributed by atoms with Gasteiger partial charge in [-0.05, 0) is 30.1 Å². The standard InChI is InChI=1S/C19H14Br2O6/c1-26-12(24)16-8-9-15-7-4-3-6(5-7)14(8,15)10(22)18(16,20)19(21,11(15)23)17(9,16)13(25)27-2/h3-4,6-9H,5H2,1-2H3/t6-,7+,8-,9+,14-,15+,16+,17-,18-,19-/m1/s1. The number of Topliss-reactive ketones (excluding diaryl/α,β-unsaturated/α-hetero) is 2. The van der Waals surface area contributed by atoms with E-state index in [1.165, 1.54) is 14.2 Å². The highest BCUT2D eigenvalue weighted by Crippen LogP contribution is 3.11. The molecule has 140 valence electrons. The number of carbonyl (C=O) groups excluding carboxylic acids is 4. The molecule has 0 saturated heterocycles. The lowest BCUT2D eigenvalue weighted by atomic mass is 9.18. The highest BCUT2D eigenvalue weighted by atomic mass is 79.9. The van der Waals surface area contributed by atoms with E-state index in [-0.39, 0.29) is 35.2 Å². The third-order valence-corrected chi connectivity index (χ3v) is 13.5. The van der Waals surface area contributed by atoms with Crippen LogP contribution in [0.5, 0.6) is 0 Å². The second-order valence-electron chi connectivity index (χ2n) is 9.10. The van der Waals surface area contributed by atoms with E-state index >= 15 is 0 Å². The second-order valence-corrected chi connectivity index (χ2v) is 11.5. The SMILES string of the molecule is COC(=O)[C@]12[C@@H]3[C@H]4[C@@]56C(=O)[C@](Br)([C@@]1(Br)C(=O)[C@@]35[C@@H]1C=C[C@H]6C1)[C@@]42C(=O)OC. The molecule has 0 aromatic carbocycles. The van der Waals surface area contributed by atoms with E-state index < -0.39 is 42.2 Å². The molecule has 27 heavy (non-hydrogen) atoms. The summed E-state index contributed by atoms with van der Waals surface area (Å²) in [5.41, 5.74) is -4.56. The first-order valence-corrected chi connectivity index (χ1v) is 10.6. The van der Waals surface area contributed by atoms with Gasteiger partial charge < -0.3 is 9.47 Å². The summed E-state index contributed by atoms with van der Waals surface area (Å²) in [6.45, 7) is 0. The minimum Gasteiger partial charge on any atom is -0.469 e. The summed E-state index contributed by atoms with van der Waals surface area (Å²) in [5, 5.41) is 0. The maximum atomic E-state index is 14.0. The van der Waals surface area contributed by atoms with Gasteiger partial charge in [0.05, 0.1) is 25.0 Å². The maximum Gasteiger partial charge on any atom is 0.315 e. The van der Waals surface area contributed by atoms with E-state index in [0.29, 0.717) is 0 Å². The molecule has 8 heteroatoms. The topological polar surface area (TPSA) is 86.7 Å². The van der Waals surface area contributed by atoms with Gasteiger partial charge in [0.25, 0.3) is 0 Å². The van der Waals surface area contributed by atoms with Crippen LogP contribution >= 0.6 is 31.9 Å². The predicted octanol–water partition coefficient (Wildman–Crippen LogP) is 1.19. The lowest BCUT2D eigenvalue weighted by Crippen LogP contribution is -2.95. The lowest BCUT2D eigenvalue weighted by molar-refractivity contribution is -0.352. The summed E-state index contributed by atoms with van der Waals surface area (Å²) in [7, 11) is 2.53. The monoisotopic (exact) mass is 496 g/mol. The second kappa shape index (κ2) is 3.51. The van der Waals surface area contributed by atoms with Crippen molar-refractivity contribution >= 4 is 55.4 Å². The Kier molecular flexibility index (Phi) is 2.06. The van der Waals surface area contributed by atoms with Gasteiger partial charge in [-0.3, -0.25) is 19.2 Å². The normalized spacial score (nSPS) is 66.1. The fourth-order valence-electron chi connectivity index (χ4n) is 9.84. The minimum atomic E-state index is -1.47. The van der Waals surface area contributed by atoms with Gasteiger partial charge in [0.2, 0.25) is 0 Å². The van der Waals surface area contributed by atoms with Crippen molar-refractivity contribution in [3.05, 3.63) is 12.2 Å². The Bertz CT molecular complexity index is 944. The molecule has 6 fully saturated rings. The van der Waals surface area contributed by atoms with Crippen molar-refractivity contribution in [1.82, 2.24) is 0 Å². The first-order chi connectivity index (χ1) is 12.7. The fraction of sp³-hybridized carbons (Fsp3) is 0.684. The molecule has 0 unspecified atom stereocenters. The van der Waals surface area contributed by atoms with Gasteiger partial charge in [0.15, 0.2) is 11.6 Å². The van der Waals surface area contributed by atoms with E-state index in [2.05, 4.69) is 31.9 Å². The molecule has 10 atom stereocenters. The third kappa shape index (κ3) is 0.746. The van der Waals surface area contributed by atoms with E-state index in [1.807, 2.05) is 12.2 Å². The van der Waals surface area contributed by atoms with Crippen LogP contribution in [0.3, 0.4) is 0 Å². The van der Waals surface area contributed by atoms with Crippen molar-refractivity contribution < 1.29 is 28.7 Å². The quantitative estimate of drug-likeness (QED) is 0.323. The Morgan fingerprint density at radius 2 is 1.26 bits per heavy atom. The summed E-state index contributed by atoms with van der Waals surface area (Å²) in [6, 6.07) is 0. The molecule has 7 aliphatic rings. The molecule has 6 saturated carbocycles. The number of ketones is 2.